The fourth-order valence-electron chi connectivity index (χ4n) is 3.22. The minimum Gasteiger partial charge on any atom is -0.455 e. The van der Waals surface area contributed by atoms with Crippen LogP contribution in [0, 0.1) is 0 Å². The van der Waals surface area contributed by atoms with Crippen molar-refractivity contribution < 1.29 is 23.8 Å². The van der Waals surface area contributed by atoms with Gasteiger partial charge in [0.05, 0.1) is 5.60 Å². The van der Waals surface area contributed by atoms with Gasteiger partial charge in [-0.3, -0.25) is 0 Å². The predicted octanol–water partition coefficient (Wildman–Crippen LogP) is 5.39. The van der Waals surface area contributed by atoms with Gasteiger partial charge in [0.2, 0.25) is 0 Å². The van der Waals surface area contributed by atoms with Crippen LogP contribution in [0.15, 0.2) is 59.8 Å². The summed E-state index contributed by atoms with van der Waals surface area (Å²) in [5, 5.41) is 0. The normalized spacial score (nSPS) is 27.7. The number of allylic oxidation sites excluding steroid dienone is 6. The molecular weight excluding hydrogens is 380 g/mol. The molecule has 1 saturated heterocycles. The molecule has 0 aromatic rings. The summed E-state index contributed by atoms with van der Waals surface area (Å²) in [4.78, 5) is 25.0. The van der Waals surface area contributed by atoms with Crippen LogP contribution in [0.5, 0.6) is 0 Å². The van der Waals surface area contributed by atoms with Crippen molar-refractivity contribution in [2.45, 2.75) is 85.2 Å². The quantitative estimate of drug-likeness (QED) is 0.316. The van der Waals surface area contributed by atoms with E-state index in [0.29, 0.717) is 17.6 Å². The lowest BCUT2D eigenvalue weighted by molar-refractivity contribution is -0.247. The molecule has 0 aliphatic carbocycles. The van der Waals surface area contributed by atoms with Crippen LogP contribution >= 0.6 is 0 Å². The zero-order valence-electron chi connectivity index (χ0n) is 19.6. The van der Waals surface area contributed by atoms with Crippen molar-refractivity contribution in [3.05, 3.63) is 59.8 Å². The van der Waals surface area contributed by atoms with Gasteiger partial charge >= 0.3 is 11.9 Å². The SMILES string of the molecule is C=C/C(C)=C/C=C/[C@]1(C)C[C@@H](OC(=O)/C(C)=C\C)[C@H](OC(=O)/C(C)=C\C)C(C)(C)O1. The smallest absolute Gasteiger partial charge is 0.333 e. The Morgan fingerprint density at radius 2 is 1.53 bits per heavy atom. The van der Waals surface area contributed by atoms with E-state index < -0.39 is 35.3 Å². The van der Waals surface area contributed by atoms with Crippen molar-refractivity contribution in [2.75, 3.05) is 0 Å². The lowest BCUT2D eigenvalue weighted by Gasteiger charge is -2.49. The van der Waals surface area contributed by atoms with E-state index in [1.165, 1.54) is 0 Å². The van der Waals surface area contributed by atoms with E-state index >= 15 is 0 Å². The van der Waals surface area contributed by atoms with Crippen LogP contribution in [0.1, 0.15) is 61.8 Å². The zero-order valence-corrected chi connectivity index (χ0v) is 19.6. The molecule has 0 aromatic carbocycles. The highest BCUT2D eigenvalue weighted by molar-refractivity contribution is 5.88. The summed E-state index contributed by atoms with van der Waals surface area (Å²) in [6.45, 7) is 18.2. The van der Waals surface area contributed by atoms with Crippen molar-refractivity contribution >= 4 is 11.9 Å². The van der Waals surface area contributed by atoms with Crippen molar-refractivity contribution in [1.29, 1.82) is 0 Å². The van der Waals surface area contributed by atoms with Gasteiger partial charge in [-0.15, -0.1) is 0 Å². The van der Waals surface area contributed by atoms with E-state index in [1.807, 2.05) is 45.9 Å². The maximum absolute atomic E-state index is 12.5. The molecule has 1 aliphatic rings. The first kappa shape index (κ1) is 25.6. The average Bonchev–Trinajstić information content (AvgIpc) is 2.68. The molecular formula is C25H36O5. The zero-order chi connectivity index (χ0) is 23.1. The van der Waals surface area contributed by atoms with Crippen molar-refractivity contribution in [3.63, 3.8) is 0 Å². The number of carbonyl (C=O) groups excluding carboxylic acids is 2. The van der Waals surface area contributed by atoms with Gasteiger partial charge in [-0.1, -0.05) is 48.6 Å². The summed E-state index contributed by atoms with van der Waals surface area (Å²) in [5.74, 6) is -0.885. The predicted molar refractivity (Wildman–Crippen MR) is 120 cm³/mol. The summed E-state index contributed by atoms with van der Waals surface area (Å²) in [7, 11) is 0. The molecule has 1 rings (SSSR count). The van der Waals surface area contributed by atoms with Gasteiger partial charge in [0.25, 0.3) is 0 Å². The summed E-state index contributed by atoms with van der Waals surface area (Å²) >= 11 is 0. The minimum absolute atomic E-state index is 0.351. The molecule has 1 fully saturated rings. The molecule has 0 unspecified atom stereocenters. The molecule has 1 heterocycles. The highest BCUT2D eigenvalue weighted by Crippen LogP contribution is 2.40. The van der Waals surface area contributed by atoms with Crippen LogP contribution in [0.3, 0.4) is 0 Å². The molecule has 0 N–H and O–H groups in total. The lowest BCUT2D eigenvalue weighted by atomic mass is 9.82. The minimum atomic E-state index is -0.882. The van der Waals surface area contributed by atoms with E-state index in [-0.39, 0.29) is 0 Å². The summed E-state index contributed by atoms with van der Waals surface area (Å²) in [5.41, 5.74) is 0.404. The van der Waals surface area contributed by atoms with Gasteiger partial charge in [-0.05, 0) is 55.4 Å². The topological polar surface area (TPSA) is 61.8 Å². The lowest BCUT2D eigenvalue weighted by Crippen LogP contribution is -2.60. The molecule has 0 aromatic heterocycles. The van der Waals surface area contributed by atoms with Crippen LogP contribution in [0.25, 0.3) is 0 Å². The van der Waals surface area contributed by atoms with Gasteiger partial charge in [0, 0.05) is 17.6 Å². The number of carbonyl (C=O) groups is 2. The molecule has 0 amide bonds. The highest BCUT2D eigenvalue weighted by atomic mass is 16.6. The Bertz CT molecular complexity index is 781. The molecule has 30 heavy (non-hydrogen) atoms. The number of esters is 2. The average molecular weight is 417 g/mol. The fourth-order valence-corrected chi connectivity index (χ4v) is 3.22. The maximum Gasteiger partial charge on any atom is 0.333 e. The molecule has 3 atom stereocenters. The van der Waals surface area contributed by atoms with Crippen LogP contribution < -0.4 is 0 Å². The first-order chi connectivity index (χ1) is 13.9. The van der Waals surface area contributed by atoms with Gasteiger partial charge in [0.15, 0.2) is 6.10 Å². The van der Waals surface area contributed by atoms with Crippen LogP contribution in [-0.4, -0.2) is 35.3 Å². The Balaban J connectivity index is 3.29. The second kappa shape index (κ2) is 10.6. The maximum atomic E-state index is 12.5. The molecule has 5 nitrogen and oxygen atoms in total. The van der Waals surface area contributed by atoms with Crippen molar-refractivity contribution in [3.8, 4) is 0 Å². The van der Waals surface area contributed by atoms with E-state index in [0.717, 1.165) is 5.57 Å². The third-order valence-corrected chi connectivity index (χ3v) is 5.26. The number of rotatable bonds is 7. The number of ether oxygens (including phenoxy) is 3. The monoisotopic (exact) mass is 416 g/mol. The van der Waals surface area contributed by atoms with Crippen LogP contribution in [0.2, 0.25) is 0 Å². The summed E-state index contributed by atoms with van der Waals surface area (Å²) in [6.07, 6.45) is 9.85. The summed E-state index contributed by atoms with van der Waals surface area (Å²) < 4.78 is 17.9. The summed E-state index contributed by atoms with van der Waals surface area (Å²) in [6, 6.07) is 0. The standard InChI is InChI=1S/C25H36O5/c1-10-17(4)14-13-15-25(9)16-20(28-22(26)18(5)11-2)21(24(7,8)30-25)29-23(27)19(6)12-3/h10-15,20-21H,1,16H2,2-9H3/b15-13+,17-14+,18-11-,19-12-/t20-,21+,25-/m1/s1. The highest BCUT2D eigenvalue weighted by Gasteiger charge is 2.52. The third kappa shape index (κ3) is 6.84. The Morgan fingerprint density at radius 3 is 2.03 bits per heavy atom. The number of hydrogen-bond donors (Lipinski definition) is 0. The molecule has 1 aliphatic heterocycles. The van der Waals surface area contributed by atoms with Gasteiger partial charge in [0.1, 0.15) is 11.7 Å². The molecule has 0 spiro atoms. The largest absolute Gasteiger partial charge is 0.455 e. The first-order valence-corrected chi connectivity index (χ1v) is 10.3. The molecule has 5 heteroatoms. The van der Waals surface area contributed by atoms with Crippen LogP contribution in [0.4, 0.5) is 0 Å². The Morgan fingerprint density at radius 1 is 1.00 bits per heavy atom. The molecule has 0 radical (unpaired) electrons. The third-order valence-electron chi connectivity index (χ3n) is 5.26. The van der Waals surface area contributed by atoms with E-state index in [9.17, 15) is 9.59 Å². The molecule has 0 bridgehead atoms. The molecule has 0 saturated carbocycles. The van der Waals surface area contributed by atoms with Crippen molar-refractivity contribution in [1.82, 2.24) is 0 Å². The molecule has 166 valence electrons. The second-order valence-electron chi connectivity index (χ2n) is 8.41. The van der Waals surface area contributed by atoms with Gasteiger partial charge in [-0.25, -0.2) is 9.59 Å². The number of hydrogen-bond acceptors (Lipinski definition) is 5. The van der Waals surface area contributed by atoms with Gasteiger partial charge in [-0.2, -0.15) is 0 Å². The van der Waals surface area contributed by atoms with E-state index in [4.69, 9.17) is 14.2 Å². The Labute approximate surface area is 181 Å². The van der Waals surface area contributed by atoms with Gasteiger partial charge < -0.3 is 14.2 Å². The first-order valence-electron chi connectivity index (χ1n) is 10.3. The Kier molecular flexibility index (Phi) is 9.04. The van der Waals surface area contributed by atoms with E-state index in [1.54, 1.807) is 45.9 Å². The van der Waals surface area contributed by atoms with Crippen molar-refractivity contribution in [2.24, 2.45) is 0 Å². The van der Waals surface area contributed by atoms with Crippen LogP contribution in [-0.2, 0) is 23.8 Å². The van der Waals surface area contributed by atoms with E-state index in [2.05, 4.69) is 6.58 Å². The second-order valence-corrected chi connectivity index (χ2v) is 8.41. The fraction of sp³-hybridized carbons (Fsp3) is 0.520. The Hall–Kier alpha value is -2.40.